The standard InChI is InChI=1S/C17H24N2O/c1-12-8-9-15(14-7-6-10-18-16(12)14)19-13(2)11-17(3,4)20-5/h6-10,13,19H,11H2,1-5H3. The minimum atomic E-state index is -0.120. The summed E-state index contributed by atoms with van der Waals surface area (Å²) in [5.74, 6) is 0. The fraction of sp³-hybridized carbons (Fsp3) is 0.471. The summed E-state index contributed by atoms with van der Waals surface area (Å²) >= 11 is 0. The highest BCUT2D eigenvalue weighted by molar-refractivity contribution is 5.93. The zero-order chi connectivity index (χ0) is 14.8. The van der Waals surface area contributed by atoms with Crippen molar-refractivity contribution in [2.75, 3.05) is 12.4 Å². The normalized spacial score (nSPS) is 13.4. The lowest BCUT2D eigenvalue weighted by Crippen LogP contribution is -2.31. The molecule has 0 aliphatic rings. The maximum absolute atomic E-state index is 5.50. The Morgan fingerprint density at radius 1 is 1.30 bits per heavy atom. The molecule has 20 heavy (non-hydrogen) atoms. The first kappa shape index (κ1) is 14.8. The highest BCUT2D eigenvalue weighted by Gasteiger charge is 2.20. The summed E-state index contributed by atoms with van der Waals surface area (Å²) in [5, 5.41) is 4.76. The third kappa shape index (κ3) is 3.28. The number of rotatable bonds is 5. The van der Waals surface area contributed by atoms with E-state index < -0.39 is 0 Å². The second-order valence-electron chi connectivity index (χ2n) is 6.04. The Labute approximate surface area is 121 Å². The first-order valence-corrected chi connectivity index (χ1v) is 7.09. The van der Waals surface area contributed by atoms with Crippen LogP contribution < -0.4 is 5.32 Å². The molecule has 0 bridgehead atoms. The Bertz CT molecular complexity index is 593. The first-order valence-electron chi connectivity index (χ1n) is 7.09. The minimum absolute atomic E-state index is 0.120. The van der Waals surface area contributed by atoms with Gasteiger partial charge < -0.3 is 10.1 Å². The number of fused-ring (bicyclic) bond motifs is 1. The molecule has 0 saturated carbocycles. The number of ether oxygens (including phenoxy) is 1. The van der Waals surface area contributed by atoms with Crippen molar-refractivity contribution in [2.24, 2.45) is 0 Å². The number of hydrogen-bond acceptors (Lipinski definition) is 3. The van der Waals surface area contributed by atoms with E-state index in [0.717, 1.165) is 17.6 Å². The molecule has 1 unspecified atom stereocenters. The average molecular weight is 272 g/mol. The summed E-state index contributed by atoms with van der Waals surface area (Å²) in [5.41, 5.74) is 3.29. The maximum Gasteiger partial charge on any atom is 0.0751 e. The second kappa shape index (κ2) is 5.80. The number of nitrogens with zero attached hydrogens (tertiary/aromatic N) is 1. The third-order valence-electron chi connectivity index (χ3n) is 3.72. The summed E-state index contributed by atoms with van der Waals surface area (Å²) < 4.78 is 5.50. The molecular formula is C17H24N2O. The zero-order valence-corrected chi connectivity index (χ0v) is 13.0. The van der Waals surface area contributed by atoms with E-state index in [1.54, 1.807) is 7.11 Å². The molecule has 0 aliphatic carbocycles. The number of anilines is 1. The maximum atomic E-state index is 5.50. The largest absolute Gasteiger partial charge is 0.382 e. The molecule has 1 N–H and O–H groups in total. The summed E-state index contributed by atoms with van der Waals surface area (Å²) in [6.07, 6.45) is 2.79. The molecule has 2 aromatic rings. The number of pyridine rings is 1. The van der Waals surface area contributed by atoms with Crippen molar-refractivity contribution in [3.05, 3.63) is 36.0 Å². The van der Waals surface area contributed by atoms with Crippen molar-refractivity contribution < 1.29 is 4.74 Å². The zero-order valence-electron chi connectivity index (χ0n) is 13.0. The molecule has 1 aromatic heterocycles. The van der Waals surface area contributed by atoms with Crippen LogP contribution in [-0.2, 0) is 4.74 Å². The summed E-state index contributed by atoms with van der Waals surface area (Å²) in [6.45, 7) is 8.50. The van der Waals surface area contributed by atoms with Gasteiger partial charge in [-0.15, -0.1) is 0 Å². The van der Waals surface area contributed by atoms with E-state index >= 15 is 0 Å². The van der Waals surface area contributed by atoms with Gasteiger partial charge in [0, 0.05) is 30.4 Å². The van der Waals surface area contributed by atoms with Crippen LogP contribution in [0.5, 0.6) is 0 Å². The predicted molar refractivity (Wildman–Crippen MR) is 85.3 cm³/mol. The Hall–Kier alpha value is -1.61. The van der Waals surface area contributed by atoms with E-state index in [9.17, 15) is 0 Å². The van der Waals surface area contributed by atoms with Crippen molar-refractivity contribution in [3.63, 3.8) is 0 Å². The van der Waals surface area contributed by atoms with E-state index in [1.165, 1.54) is 10.9 Å². The molecular weight excluding hydrogens is 248 g/mol. The topological polar surface area (TPSA) is 34.1 Å². The highest BCUT2D eigenvalue weighted by atomic mass is 16.5. The van der Waals surface area contributed by atoms with Crippen LogP contribution in [0.1, 0.15) is 32.8 Å². The number of nitrogens with one attached hydrogen (secondary N) is 1. The van der Waals surface area contributed by atoms with Gasteiger partial charge in [-0.05, 0) is 57.9 Å². The summed E-state index contributed by atoms with van der Waals surface area (Å²) in [6, 6.07) is 8.68. The van der Waals surface area contributed by atoms with Crippen LogP contribution in [0, 0.1) is 6.92 Å². The van der Waals surface area contributed by atoms with Gasteiger partial charge in [-0.1, -0.05) is 6.07 Å². The molecule has 2 rings (SSSR count). The van der Waals surface area contributed by atoms with Gasteiger partial charge in [0.15, 0.2) is 0 Å². The molecule has 1 heterocycles. The number of hydrogen-bond donors (Lipinski definition) is 1. The summed E-state index contributed by atoms with van der Waals surface area (Å²) in [7, 11) is 1.76. The fourth-order valence-electron chi connectivity index (χ4n) is 2.58. The fourth-order valence-corrected chi connectivity index (χ4v) is 2.58. The number of benzene rings is 1. The van der Waals surface area contributed by atoms with Gasteiger partial charge in [0.1, 0.15) is 0 Å². The van der Waals surface area contributed by atoms with Crippen molar-refractivity contribution in [1.29, 1.82) is 0 Å². The van der Waals surface area contributed by atoms with Crippen LogP contribution >= 0.6 is 0 Å². The molecule has 0 spiro atoms. The highest BCUT2D eigenvalue weighted by Crippen LogP contribution is 2.26. The quantitative estimate of drug-likeness (QED) is 0.887. The Morgan fingerprint density at radius 3 is 2.75 bits per heavy atom. The van der Waals surface area contributed by atoms with Crippen LogP contribution in [0.2, 0.25) is 0 Å². The molecule has 3 heteroatoms. The average Bonchev–Trinajstić information content (AvgIpc) is 2.42. The predicted octanol–water partition coefficient (Wildman–Crippen LogP) is 4.16. The second-order valence-corrected chi connectivity index (χ2v) is 6.04. The summed E-state index contributed by atoms with van der Waals surface area (Å²) in [4.78, 5) is 4.47. The van der Waals surface area contributed by atoms with E-state index in [0.29, 0.717) is 6.04 Å². The number of methoxy groups -OCH3 is 1. The lowest BCUT2D eigenvalue weighted by atomic mass is 9.99. The monoisotopic (exact) mass is 272 g/mol. The van der Waals surface area contributed by atoms with Crippen molar-refractivity contribution in [2.45, 2.75) is 45.8 Å². The molecule has 0 fully saturated rings. The van der Waals surface area contributed by atoms with Gasteiger partial charge in [-0.3, -0.25) is 4.98 Å². The molecule has 108 valence electrons. The first-order chi connectivity index (χ1) is 9.43. The third-order valence-corrected chi connectivity index (χ3v) is 3.72. The van der Waals surface area contributed by atoms with Crippen LogP contribution in [0.15, 0.2) is 30.5 Å². The van der Waals surface area contributed by atoms with Gasteiger partial charge >= 0.3 is 0 Å². The van der Waals surface area contributed by atoms with Crippen molar-refractivity contribution >= 4 is 16.6 Å². The molecule has 0 amide bonds. The Balaban J connectivity index is 2.24. The number of aromatic nitrogens is 1. The van der Waals surface area contributed by atoms with Gasteiger partial charge in [-0.25, -0.2) is 0 Å². The SMILES string of the molecule is COC(C)(C)CC(C)Nc1ccc(C)c2ncccc12. The Kier molecular flexibility index (Phi) is 4.29. The molecule has 1 aromatic carbocycles. The van der Waals surface area contributed by atoms with Gasteiger partial charge in [0.25, 0.3) is 0 Å². The van der Waals surface area contributed by atoms with Gasteiger partial charge in [0.05, 0.1) is 11.1 Å². The van der Waals surface area contributed by atoms with Crippen LogP contribution in [-0.4, -0.2) is 23.7 Å². The molecule has 3 nitrogen and oxygen atoms in total. The van der Waals surface area contributed by atoms with E-state index in [1.807, 2.05) is 12.3 Å². The van der Waals surface area contributed by atoms with Crippen molar-refractivity contribution in [3.8, 4) is 0 Å². The van der Waals surface area contributed by atoms with E-state index in [2.05, 4.69) is 56.2 Å². The van der Waals surface area contributed by atoms with E-state index in [4.69, 9.17) is 4.74 Å². The van der Waals surface area contributed by atoms with Crippen LogP contribution in [0.25, 0.3) is 10.9 Å². The van der Waals surface area contributed by atoms with E-state index in [-0.39, 0.29) is 5.60 Å². The van der Waals surface area contributed by atoms with Gasteiger partial charge in [0.2, 0.25) is 0 Å². The number of aryl methyl sites for hydroxylation is 1. The molecule has 0 aliphatic heterocycles. The molecule has 0 radical (unpaired) electrons. The smallest absolute Gasteiger partial charge is 0.0751 e. The van der Waals surface area contributed by atoms with Crippen LogP contribution in [0.4, 0.5) is 5.69 Å². The van der Waals surface area contributed by atoms with Gasteiger partial charge in [-0.2, -0.15) is 0 Å². The molecule has 1 atom stereocenters. The van der Waals surface area contributed by atoms with Crippen molar-refractivity contribution in [1.82, 2.24) is 4.98 Å². The lowest BCUT2D eigenvalue weighted by Gasteiger charge is -2.28. The lowest BCUT2D eigenvalue weighted by molar-refractivity contribution is 0.0128. The molecule has 0 saturated heterocycles. The van der Waals surface area contributed by atoms with Crippen LogP contribution in [0.3, 0.4) is 0 Å². The minimum Gasteiger partial charge on any atom is -0.382 e. The Morgan fingerprint density at radius 2 is 2.05 bits per heavy atom.